The van der Waals surface area contributed by atoms with Gasteiger partial charge in [0.15, 0.2) is 5.69 Å². The number of benzene rings is 2. The molecule has 0 atom stereocenters. The molecule has 1 aromatic heterocycles. The van der Waals surface area contributed by atoms with Crippen LogP contribution in [0.2, 0.25) is 5.02 Å². The molecule has 0 saturated carbocycles. The first-order chi connectivity index (χ1) is 12.0. The highest BCUT2D eigenvalue weighted by Crippen LogP contribution is 2.35. The van der Waals surface area contributed by atoms with Crippen LogP contribution in [0.15, 0.2) is 36.4 Å². The summed E-state index contributed by atoms with van der Waals surface area (Å²) >= 11 is 5.97. The molecule has 0 aliphatic carbocycles. The molecule has 1 amide bonds. The second-order valence-corrected chi connectivity index (χ2v) is 6.06. The number of fused-ring (bicyclic) bond motifs is 1. The van der Waals surface area contributed by atoms with Gasteiger partial charge in [-0.05, 0) is 36.1 Å². The zero-order valence-electron chi connectivity index (χ0n) is 13.3. The van der Waals surface area contributed by atoms with Gasteiger partial charge in [0.05, 0.1) is 12.4 Å². The minimum absolute atomic E-state index is 0.0638. The van der Waals surface area contributed by atoms with E-state index < -0.39 is 12.6 Å². The van der Waals surface area contributed by atoms with E-state index in [4.69, 9.17) is 23.1 Å². The Kier molecular flexibility index (Phi) is 4.81. The van der Waals surface area contributed by atoms with Crippen molar-refractivity contribution in [2.75, 3.05) is 12.4 Å². The summed E-state index contributed by atoms with van der Waals surface area (Å²) in [5, 5.41) is 9.24. The van der Waals surface area contributed by atoms with Gasteiger partial charge in [-0.25, -0.2) is 0 Å². The van der Waals surface area contributed by atoms with E-state index in [-0.39, 0.29) is 11.4 Å². The fraction of sp³-hybridized carbons (Fsp3) is 0.167. The number of carbonyl (C=O) groups is 1. The van der Waals surface area contributed by atoms with E-state index in [0.29, 0.717) is 28.8 Å². The normalized spacial score (nSPS) is 11.0. The quantitative estimate of drug-likeness (QED) is 0.729. The Bertz CT molecular complexity index is 944. The molecule has 1 heterocycles. The van der Waals surface area contributed by atoms with Crippen molar-refractivity contribution < 1.29 is 9.18 Å². The first-order valence-corrected chi connectivity index (χ1v) is 8.10. The molecule has 0 aliphatic heterocycles. The van der Waals surface area contributed by atoms with Crippen LogP contribution in [0.25, 0.3) is 22.0 Å². The maximum atomic E-state index is 12.7. The summed E-state index contributed by atoms with van der Waals surface area (Å²) in [5.41, 5.74) is 14.6. The van der Waals surface area contributed by atoms with Crippen LogP contribution in [-0.2, 0) is 6.42 Å². The zero-order chi connectivity index (χ0) is 18.0. The number of hydrogen-bond donors (Lipinski definition) is 2. The van der Waals surface area contributed by atoms with Crippen LogP contribution < -0.4 is 11.5 Å². The highest BCUT2D eigenvalue weighted by atomic mass is 35.5. The molecule has 7 heteroatoms. The first kappa shape index (κ1) is 17.1. The Morgan fingerprint density at radius 1 is 1.12 bits per heavy atom. The molecule has 5 nitrogen and oxygen atoms in total. The van der Waals surface area contributed by atoms with Gasteiger partial charge in [0, 0.05) is 16.0 Å². The van der Waals surface area contributed by atoms with E-state index in [2.05, 4.69) is 10.2 Å². The summed E-state index contributed by atoms with van der Waals surface area (Å²) in [6.07, 6.45) is 0.942. The van der Waals surface area contributed by atoms with Crippen molar-refractivity contribution in [1.29, 1.82) is 0 Å². The average molecular weight is 359 g/mol. The van der Waals surface area contributed by atoms with Gasteiger partial charge in [0.1, 0.15) is 5.52 Å². The molecule has 2 aromatic carbocycles. The second kappa shape index (κ2) is 7.03. The fourth-order valence-corrected chi connectivity index (χ4v) is 2.95. The molecule has 0 fully saturated rings. The number of primary amides is 1. The smallest absolute Gasteiger partial charge is 0.271 e. The van der Waals surface area contributed by atoms with E-state index in [1.807, 2.05) is 18.2 Å². The van der Waals surface area contributed by atoms with E-state index >= 15 is 0 Å². The Morgan fingerprint density at radius 2 is 1.84 bits per heavy atom. The van der Waals surface area contributed by atoms with Crippen molar-refractivity contribution in [3.63, 3.8) is 0 Å². The monoisotopic (exact) mass is 358 g/mol. The molecule has 0 saturated heterocycles. The molecule has 0 bridgehead atoms. The van der Waals surface area contributed by atoms with Crippen molar-refractivity contribution in [3.05, 3.63) is 52.7 Å². The number of rotatable bonds is 5. The number of alkyl halides is 1. The number of nitrogens with two attached hydrogens (primary N) is 2. The number of nitrogen functional groups attached to an aromatic ring is 1. The van der Waals surface area contributed by atoms with Crippen LogP contribution in [0.4, 0.5) is 10.1 Å². The molecule has 0 unspecified atom stereocenters. The maximum absolute atomic E-state index is 12.7. The van der Waals surface area contributed by atoms with E-state index in [9.17, 15) is 9.18 Å². The largest absolute Gasteiger partial charge is 0.396 e. The summed E-state index contributed by atoms with van der Waals surface area (Å²) in [5.74, 6) is -0.735. The number of anilines is 1. The molecule has 0 spiro atoms. The summed E-state index contributed by atoms with van der Waals surface area (Å²) in [6.45, 7) is -0.410. The van der Waals surface area contributed by atoms with Crippen molar-refractivity contribution >= 4 is 34.1 Å². The molecule has 0 aliphatic rings. The van der Waals surface area contributed by atoms with Crippen LogP contribution in [-0.4, -0.2) is 22.8 Å². The number of amides is 1. The molecule has 128 valence electrons. The SMILES string of the molecule is NC(=O)c1nnc2c(-c3ccc(Cl)cc3)c(CCCF)ccc2c1N. The highest BCUT2D eigenvalue weighted by molar-refractivity contribution is 6.30. The molecular weight excluding hydrogens is 343 g/mol. The number of halogens is 2. The van der Waals surface area contributed by atoms with Crippen LogP contribution in [0, 0.1) is 0 Å². The third-order valence-corrected chi connectivity index (χ3v) is 4.26. The Hall–Kier alpha value is -2.73. The van der Waals surface area contributed by atoms with Gasteiger partial charge in [-0.2, -0.15) is 0 Å². The summed E-state index contributed by atoms with van der Waals surface area (Å²) in [4.78, 5) is 11.4. The lowest BCUT2D eigenvalue weighted by molar-refractivity contribution is 0.0996. The zero-order valence-corrected chi connectivity index (χ0v) is 14.1. The van der Waals surface area contributed by atoms with Crippen LogP contribution in [0.1, 0.15) is 22.5 Å². The standard InChI is InChI=1S/C18H16ClFN4O/c19-12-6-3-11(4-7-12)14-10(2-1-9-20)5-8-13-15(21)17(18(22)25)24-23-16(13)14/h3-8H,1-2,9H2,(H2,21,23)(H2,22,25). The second-order valence-electron chi connectivity index (χ2n) is 5.62. The molecule has 3 aromatic rings. The van der Waals surface area contributed by atoms with Crippen molar-refractivity contribution in [2.45, 2.75) is 12.8 Å². The van der Waals surface area contributed by atoms with Crippen LogP contribution >= 0.6 is 11.6 Å². The summed E-state index contributed by atoms with van der Waals surface area (Å²) < 4.78 is 12.7. The van der Waals surface area contributed by atoms with E-state index in [1.54, 1.807) is 18.2 Å². The summed E-state index contributed by atoms with van der Waals surface area (Å²) in [7, 11) is 0. The van der Waals surface area contributed by atoms with Crippen molar-refractivity contribution in [2.24, 2.45) is 5.73 Å². The topological polar surface area (TPSA) is 94.9 Å². The Balaban J connectivity index is 2.30. The molecule has 4 N–H and O–H groups in total. The van der Waals surface area contributed by atoms with Gasteiger partial charge < -0.3 is 11.5 Å². The maximum Gasteiger partial charge on any atom is 0.271 e. The molecule has 0 radical (unpaired) electrons. The lowest BCUT2D eigenvalue weighted by Gasteiger charge is -2.14. The predicted octanol–water partition coefficient (Wildman–Crippen LogP) is 3.53. The minimum Gasteiger partial charge on any atom is -0.396 e. The minimum atomic E-state index is -0.735. The van der Waals surface area contributed by atoms with Crippen molar-refractivity contribution in [3.8, 4) is 11.1 Å². The lowest BCUT2D eigenvalue weighted by atomic mass is 9.93. The Morgan fingerprint density at radius 3 is 2.48 bits per heavy atom. The first-order valence-electron chi connectivity index (χ1n) is 7.72. The van der Waals surface area contributed by atoms with Gasteiger partial charge >= 0.3 is 0 Å². The average Bonchev–Trinajstić information content (AvgIpc) is 2.60. The van der Waals surface area contributed by atoms with Crippen LogP contribution in [0.5, 0.6) is 0 Å². The van der Waals surface area contributed by atoms with Gasteiger partial charge in [-0.15, -0.1) is 10.2 Å². The van der Waals surface area contributed by atoms with Gasteiger partial charge in [0.2, 0.25) is 0 Å². The third-order valence-electron chi connectivity index (χ3n) is 4.01. The number of nitrogens with zero attached hydrogens (tertiary/aromatic N) is 2. The van der Waals surface area contributed by atoms with Gasteiger partial charge in [-0.3, -0.25) is 9.18 Å². The van der Waals surface area contributed by atoms with Gasteiger partial charge in [-0.1, -0.05) is 35.9 Å². The fourth-order valence-electron chi connectivity index (χ4n) is 2.82. The number of carbonyl (C=O) groups excluding carboxylic acids is 1. The van der Waals surface area contributed by atoms with Crippen molar-refractivity contribution in [1.82, 2.24) is 10.2 Å². The van der Waals surface area contributed by atoms with E-state index in [0.717, 1.165) is 16.7 Å². The predicted molar refractivity (Wildman–Crippen MR) is 97.2 cm³/mol. The van der Waals surface area contributed by atoms with Crippen LogP contribution in [0.3, 0.4) is 0 Å². The highest BCUT2D eigenvalue weighted by Gasteiger charge is 2.17. The van der Waals surface area contributed by atoms with Gasteiger partial charge in [0.25, 0.3) is 5.91 Å². The Labute approximate surface area is 148 Å². The lowest BCUT2D eigenvalue weighted by Crippen LogP contribution is -2.17. The third kappa shape index (κ3) is 3.25. The number of aryl methyl sites for hydroxylation is 1. The molecular formula is C18H16ClFN4O. The van der Waals surface area contributed by atoms with E-state index in [1.165, 1.54) is 0 Å². The number of aromatic nitrogens is 2. The molecule has 25 heavy (non-hydrogen) atoms. The molecule has 3 rings (SSSR count). The number of hydrogen-bond acceptors (Lipinski definition) is 4. The summed E-state index contributed by atoms with van der Waals surface area (Å²) in [6, 6.07) is 10.9.